The molecule has 8 nitrogen and oxygen atoms in total. The highest BCUT2D eigenvalue weighted by molar-refractivity contribution is 5.92. The third-order valence-corrected chi connectivity index (χ3v) is 2.54. The maximum absolute atomic E-state index is 11.6. The first-order valence-corrected chi connectivity index (χ1v) is 5.87. The quantitative estimate of drug-likeness (QED) is 0.616. The van der Waals surface area contributed by atoms with Gasteiger partial charge in [-0.15, -0.1) is 0 Å². The zero-order valence-electron chi connectivity index (χ0n) is 10.8. The molecule has 0 aliphatic heterocycles. The topological polar surface area (TPSA) is 146 Å². The van der Waals surface area contributed by atoms with Crippen molar-refractivity contribution >= 4 is 17.7 Å². The molecule has 0 spiro atoms. The summed E-state index contributed by atoms with van der Waals surface area (Å²) in [6.07, 6.45) is -0.125. The lowest BCUT2D eigenvalue weighted by Gasteiger charge is -2.14. The van der Waals surface area contributed by atoms with Crippen molar-refractivity contribution in [2.75, 3.05) is 11.9 Å². The van der Waals surface area contributed by atoms with E-state index in [4.69, 9.17) is 20.7 Å². The molecule has 0 unspecified atom stereocenters. The van der Waals surface area contributed by atoms with Gasteiger partial charge in [0.1, 0.15) is 18.2 Å². The van der Waals surface area contributed by atoms with E-state index in [1.54, 1.807) is 0 Å². The lowest BCUT2D eigenvalue weighted by molar-refractivity contribution is -0.139. The van der Waals surface area contributed by atoms with Crippen molar-refractivity contribution in [1.82, 2.24) is 5.32 Å². The summed E-state index contributed by atoms with van der Waals surface area (Å²) in [5.74, 6) is -1.27. The molecule has 8 heteroatoms. The van der Waals surface area contributed by atoms with Crippen molar-refractivity contribution in [1.29, 1.82) is 10.5 Å². The molecule has 0 aliphatic carbocycles. The van der Waals surface area contributed by atoms with E-state index >= 15 is 0 Å². The summed E-state index contributed by atoms with van der Waals surface area (Å²) in [5, 5.41) is 39.7. The van der Waals surface area contributed by atoms with E-state index in [-0.39, 0.29) is 29.8 Å². The van der Waals surface area contributed by atoms with E-state index in [0.29, 0.717) is 0 Å². The summed E-state index contributed by atoms with van der Waals surface area (Å²) in [5.41, 5.74) is 0.517. The average molecular weight is 288 g/mol. The first-order chi connectivity index (χ1) is 10.0. The Kier molecular flexibility index (Phi) is 5.68. The smallest absolute Gasteiger partial charge is 0.326 e. The van der Waals surface area contributed by atoms with Crippen molar-refractivity contribution in [2.45, 2.75) is 12.5 Å². The van der Waals surface area contributed by atoms with Gasteiger partial charge in [-0.2, -0.15) is 10.5 Å². The van der Waals surface area contributed by atoms with Crippen LogP contribution in [-0.4, -0.2) is 34.9 Å². The van der Waals surface area contributed by atoms with Gasteiger partial charge in [0.25, 0.3) is 0 Å². The summed E-state index contributed by atoms with van der Waals surface area (Å²) >= 11 is 0. The predicted molar refractivity (Wildman–Crippen MR) is 71.2 cm³/mol. The zero-order valence-corrected chi connectivity index (χ0v) is 10.8. The zero-order chi connectivity index (χ0) is 15.8. The van der Waals surface area contributed by atoms with E-state index in [0.717, 1.165) is 0 Å². The first kappa shape index (κ1) is 16.0. The van der Waals surface area contributed by atoms with Gasteiger partial charge in [0.05, 0.1) is 11.1 Å². The van der Waals surface area contributed by atoms with Crippen LogP contribution in [0.3, 0.4) is 0 Å². The van der Waals surface area contributed by atoms with Crippen LogP contribution in [0.25, 0.3) is 0 Å². The second kappa shape index (κ2) is 7.48. The van der Waals surface area contributed by atoms with Gasteiger partial charge >= 0.3 is 12.0 Å². The first-order valence-electron chi connectivity index (χ1n) is 5.87. The van der Waals surface area contributed by atoms with Crippen LogP contribution in [-0.2, 0) is 4.79 Å². The van der Waals surface area contributed by atoms with Crippen LogP contribution in [0.2, 0.25) is 0 Å². The highest BCUT2D eigenvalue weighted by Gasteiger charge is 2.19. The molecule has 1 aromatic rings. The second-order valence-corrected chi connectivity index (χ2v) is 3.99. The van der Waals surface area contributed by atoms with Crippen LogP contribution in [0.15, 0.2) is 18.2 Å². The number of aliphatic carboxylic acids is 1. The molecule has 2 amide bonds. The number of rotatable bonds is 5. The van der Waals surface area contributed by atoms with Gasteiger partial charge in [-0.05, 0) is 18.2 Å². The maximum atomic E-state index is 11.6. The minimum atomic E-state index is -1.27. The normalized spacial score (nSPS) is 10.8. The summed E-state index contributed by atoms with van der Waals surface area (Å²) < 4.78 is 0. The number of amides is 2. The highest BCUT2D eigenvalue weighted by Crippen LogP contribution is 2.14. The second-order valence-electron chi connectivity index (χ2n) is 3.99. The molecule has 0 aliphatic rings. The van der Waals surface area contributed by atoms with Gasteiger partial charge in [-0.1, -0.05) is 0 Å². The average Bonchev–Trinajstić information content (AvgIpc) is 2.46. The molecular weight excluding hydrogens is 276 g/mol. The van der Waals surface area contributed by atoms with Crippen molar-refractivity contribution in [2.24, 2.45) is 0 Å². The predicted octanol–water partition coefficient (Wildman–Crippen LogP) is 0.387. The molecule has 4 N–H and O–H groups in total. The van der Waals surface area contributed by atoms with E-state index in [9.17, 15) is 9.59 Å². The van der Waals surface area contributed by atoms with Crippen LogP contribution in [0.1, 0.15) is 17.5 Å². The number of carbonyl (C=O) groups excluding carboxylic acids is 1. The lowest BCUT2D eigenvalue weighted by Crippen LogP contribution is -2.43. The molecule has 0 fully saturated rings. The van der Waals surface area contributed by atoms with Crippen LogP contribution >= 0.6 is 0 Å². The van der Waals surface area contributed by atoms with Gasteiger partial charge < -0.3 is 20.8 Å². The van der Waals surface area contributed by atoms with E-state index in [2.05, 4.69) is 10.6 Å². The molecule has 1 atom stereocenters. The molecular formula is C13H12N4O4. The summed E-state index contributed by atoms with van der Waals surface area (Å²) in [6, 6.07) is 5.74. The monoisotopic (exact) mass is 288 g/mol. The van der Waals surface area contributed by atoms with E-state index < -0.39 is 18.0 Å². The number of carboxylic acid groups (broad SMARTS) is 1. The van der Waals surface area contributed by atoms with Gasteiger partial charge in [0.15, 0.2) is 0 Å². The summed E-state index contributed by atoms with van der Waals surface area (Å²) in [7, 11) is 0. The number of hydrogen-bond donors (Lipinski definition) is 4. The molecule has 1 aromatic carbocycles. The van der Waals surface area contributed by atoms with Gasteiger partial charge in [0, 0.05) is 18.7 Å². The fraction of sp³-hybridized carbons (Fsp3) is 0.231. The number of benzene rings is 1. The third-order valence-electron chi connectivity index (χ3n) is 2.54. The number of urea groups is 1. The number of nitrogens with zero attached hydrogens (tertiary/aromatic N) is 2. The molecule has 0 radical (unpaired) electrons. The fourth-order valence-electron chi connectivity index (χ4n) is 1.52. The highest BCUT2D eigenvalue weighted by atomic mass is 16.4. The number of nitrogens with one attached hydrogen (secondary N) is 2. The molecule has 1 rings (SSSR count). The fourth-order valence-corrected chi connectivity index (χ4v) is 1.52. The van der Waals surface area contributed by atoms with Crippen LogP contribution in [0.5, 0.6) is 0 Å². The Morgan fingerprint density at radius 3 is 2.43 bits per heavy atom. The number of carboxylic acids is 1. The maximum Gasteiger partial charge on any atom is 0.326 e. The number of hydrogen-bond acceptors (Lipinski definition) is 5. The Morgan fingerprint density at radius 1 is 1.24 bits per heavy atom. The van der Waals surface area contributed by atoms with E-state index in [1.807, 2.05) is 12.1 Å². The minimum Gasteiger partial charge on any atom is -0.480 e. The van der Waals surface area contributed by atoms with Gasteiger partial charge in [0.2, 0.25) is 0 Å². The largest absolute Gasteiger partial charge is 0.480 e. The van der Waals surface area contributed by atoms with Crippen molar-refractivity contribution < 1.29 is 19.8 Å². The Morgan fingerprint density at radius 2 is 1.90 bits per heavy atom. The number of nitriles is 2. The molecule has 0 aromatic heterocycles. The summed E-state index contributed by atoms with van der Waals surface area (Å²) in [4.78, 5) is 22.5. The van der Waals surface area contributed by atoms with Gasteiger partial charge in [-0.3, -0.25) is 0 Å². The van der Waals surface area contributed by atoms with Crippen molar-refractivity contribution in [3.8, 4) is 12.1 Å². The number of carbonyl (C=O) groups is 2. The Hall–Kier alpha value is -3.10. The van der Waals surface area contributed by atoms with Crippen LogP contribution < -0.4 is 10.6 Å². The molecule has 0 saturated heterocycles. The standard InChI is InChI=1S/C13H12N4O4/c14-6-8-1-2-10(5-9(8)7-15)16-13(21)17-11(3-4-18)12(19)20/h1-2,5,11,18H,3-4H2,(H,19,20)(H2,16,17,21)/t11-/m1/s1. The number of anilines is 1. The van der Waals surface area contributed by atoms with Crippen LogP contribution in [0.4, 0.5) is 10.5 Å². The Balaban J connectivity index is 2.78. The molecule has 0 bridgehead atoms. The molecule has 21 heavy (non-hydrogen) atoms. The lowest BCUT2D eigenvalue weighted by atomic mass is 10.1. The molecule has 0 heterocycles. The third kappa shape index (κ3) is 4.49. The Labute approximate surface area is 120 Å². The number of aliphatic hydroxyl groups excluding tert-OH is 1. The van der Waals surface area contributed by atoms with E-state index in [1.165, 1.54) is 18.2 Å². The molecule has 108 valence electrons. The van der Waals surface area contributed by atoms with Crippen molar-refractivity contribution in [3.63, 3.8) is 0 Å². The minimum absolute atomic E-state index is 0.0976. The molecule has 0 saturated carbocycles. The van der Waals surface area contributed by atoms with Crippen LogP contribution in [0, 0.1) is 22.7 Å². The number of aliphatic hydroxyl groups is 1. The summed E-state index contributed by atoms with van der Waals surface area (Å²) in [6.45, 7) is -0.382. The van der Waals surface area contributed by atoms with Crippen molar-refractivity contribution in [3.05, 3.63) is 29.3 Å². The SMILES string of the molecule is N#Cc1ccc(NC(=O)N[C@H](CCO)C(=O)O)cc1C#N. The Bertz CT molecular complexity index is 630. The van der Waals surface area contributed by atoms with Gasteiger partial charge in [-0.25, -0.2) is 9.59 Å².